The van der Waals surface area contributed by atoms with E-state index < -0.39 is 0 Å². The van der Waals surface area contributed by atoms with E-state index in [0.29, 0.717) is 10.7 Å². The van der Waals surface area contributed by atoms with Crippen LogP contribution in [0.5, 0.6) is 0 Å². The highest BCUT2D eigenvalue weighted by molar-refractivity contribution is 6.30. The topological polar surface area (TPSA) is 54.5 Å². The highest BCUT2D eigenvalue weighted by Crippen LogP contribution is 2.25. The molecular weight excluding hydrogens is 284 g/mol. The zero-order chi connectivity index (χ0) is 15.1. The van der Waals surface area contributed by atoms with Crippen molar-refractivity contribution in [2.75, 3.05) is 0 Å². The van der Waals surface area contributed by atoms with E-state index >= 15 is 0 Å². The molecule has 1 aromatic heterocycles. The van der Waals surface area contributed by atoms with Crippen molar-refractivity contribution in [2.45, 2.75) is 45.6 Å². The number of hydrogen-bond donors (Lipinski definition) is 0. The molecule has 0 fully saturated rings. The van der Waals surface area contributed by atoms with Gasteiger partial charge in [-0.25, -0.2) is 4.68 Å². The van der Waals surface area contributed by atoms with E-state index in [4.69, 9.17) is 11.6 Å². The van der Waals surface area contributed by atoms with Crippen molar-refractivity contribution >= 4 is 11.6 Å². The van der Waals surface area contributed by atoms with Gasteiger partial charge in [-0.1, -0.05) is 61.6 Å². The molecule has 5 heteroatoms. The van der Waals surface area contributed by atoms with Crippen LogP contribution in [0.1, 0.15) is 44.7 Å². The zero-order valence-corrected chi connectivity index (χ0v) is 13.0. The molecule has 2 rings (SSSR count). The molecule has 110 valence electrons. The molecule has 0 aliphatic carbocycles. The fraction of sp³-hybridized carbons (Fsp3) is 0.438. The highest BCUT2D eigenvalue weighted by atomic mass is 35.5. The summed E-state index contributed by atoms with van der Waals surface area (Å²) in [7, 11) is 0. The molecule has 0 spiro atoms. The molecule has 0 saturated carbocycles. The van der Waals surface area contributed by atoms with Crippen LogP contribution in [0.15, 0.2) is 24.3 Å². The van der Waals surface area contributed by atoms with Gasteiger partial charge < -0.3 is 0 Å². The van der Waals surface area contributed by atoms with Gasteiger partial charge in [-0.15, -0.1) is 5.10 Å². The summed E-state index contributed by atoms with van der Waals surface area (Å²) in [5.41, 5.74) is 2.00. The van der Waals surface area contributed by atoms with Crippen molar-refractivity contribution < 1.29 is 0 Å². The first-order chi connectivity index (χ1) is 10.3. The fourth-order valence-corrected chi connectivity index (χ4v) is 2.52. The number of aromatic nitrogens is 3. The van der Waals surface area contributed by atoms with E-state index in [2.05, 4.69) is 23.3 Å². The van der Waals surface area contributed by atoms with Gasteiger partial charge in [-0.05, 0) is 18.6 Å². The molecule has 0 atom stereocenters. The summed E-state index contributed by atoms with van der Waals surface area (Å²) in [6.45, 7) is 2.98. The second-order valence-electron chi connectivity index (χ2n) is 5.05. The third-order valence-corrected chi connectivity index (χ3v) is 3.65. The molecule has 21 heavy (non-hydrogen) atoms. The standard InChI is InChI=1S/C16H19ClN4/c1-2-3-4-5-6-10-21-16(15(12-18)19-20-21)13-8-7-9-14(17)11-13/h7-9,11H,2-6,10H2,1H3. The largest absolute Gasteiger partial charge is 0.243 e. The van der Waals surface area contributed by atoms with Gasteiger partial charge in [0.05, 0.1) is 0 Å². The summed E-state index contributed by atoms with van der Waals surface area (Å²) in [6.07, 6.45) is 5.95. The second kappa shape index (κ2) is 7.80. The number of hydrogen-bond acceptors (Lipinski definition) is 3. The van der Waals surface area contributed by atoms with Gasteiger partial charge in [-0.3, -0.25) is 0 Å². The lowest BCUT2D eigenvalue weighted by atomic mass is 10.1. The summed E-state index contributed by atoms with van der Waals surface area (Å²) in [6, 6.07) is 9.57. The smallest absolute Gasteiger partial charge is 0.190 e. The number of halogens is 1. The molecule has 1 heterocycles. The Hall–Kier alpha value is -1.86. The number of nitrogens with zero attached hydrogens (tertiary/aromatic N) is 4. The van der Waals surface area contributed by atoms with Gasteiger partial charge in [0.1, 0.15) is 11.8 Å². The molecule has 0 unspecified atom stereocenters. The van der Waals surface area contributed by atoms with Crippen molar-refractivity contribution in [1.29, 1.82) is 5.26 Å². The lowest BCUT2D eigenvalue weighted by molar-refractivity contribution is 0.524. The summed E-state index contributed by atoms with van der Waals surface area (Å²) in [5.74, 6) is 0. The Morgan fingerprint density at radius 3 is 2.76 bits per heavy atom. The lowest BCUT2D eigenvalue weighted by Gasteiger charge is -2.07. The van der Waals surface area contributed by atoms with Crippen LogP contribution in [0.25, 0.3) is 11.3 Å². The van der Waals surface area contributed by atoms with Gasteiger partial charge in [0.25, 0.3) is 0 Å². The van der Waals surface area contributed by atoms with Crippen LogP contribution < -0.4 is 0 Å². The number of nitriles is 1. The Balaban J connectivity index is 2.16. The van der Waals surface area contributed by atoms with Crippen molar-refractivity contribution in [3.8, 4) is 17.3 Å². The molecule has 0 saturated heterocycles. The summed E-state index contributed by atoms with van der Waals surface area (Å²) in [5, 5.41) is 17.9. The van der Waals surface area contributed by atoms with E-state index in [-0.39, 0.29) is 0 Å². The van der Waals surface area contributed by atoms with E-state index in [1.54, 1.807) is 0 Å². The first kappa shape index (κ1) is 15.5. The average molecular weight is 303 g/mol. The normalized spacial score (nSPS) is 10.5. The number of aryl methyl sites for hydroxylation is 1. The zero-order valence-electron chi connectivity index (χ0n) is 12.2. The van der Waals surface area contributed by atoms with Gasteiger partial charge in [-0.2, -0.15) is 5.26 Å². The summed E-state index contributed by atoms with van der Waals surface area (Å²) in [4.78, 5) is 0. The Kier molecular flexibility index (Phi) is 5.77. The molecule has 0 N–H and O–H groups in total. The molecule has 0 aliphatic heterocycles. The fourth-order valence-electron chi connectivity index (χ4n) is 2.33. The minimum Gasteiger partial charge on any atom is -0.243 e. The van der Waals surface area contributed by atoms with Crippen molar-refractivity contribution in [3.05, 3.63) is 35.0 Å². The van der Waals surface area contributed by atoms with Crippen LogP contribution in [0.2, 0.25) is 5.02 Å². The molecule has 0 bridgehead atoms. The maximum absolute atomic E-state index is 9.21. The van der Waals surface area contributed by atoms with E-state index in [9.17, 15) is 5.26 Å². The van der Waals surface area contributed by atoms with Crippen molar-refractivity contribution in [2.24, 2.45) is 0 Å². The van der Waals surface area contributed by atoms with Crippen LogP contribution in [0, 0.1) is 11.3 Å². The summed E-state index contributed by atoms with van der Waals surface area (Å²) >= 11 is 6.04. The summed E-state index contributed by atoms with van der Waals surface area (Å²) < 4.78 is 1.82. The predicted molar refractivity (Wildman–Crippen MR) is 83.9 cm³/mol. The third kappa shape index (κ3) is 4.05. The van der Waals surface area contributed by atoms with Crippen LogP contribution in [0.3, 0.4) is 0 Å². The highest BCUT2D eigenvalue weighted by Gasteiger charge is 2.14. The van der Waals surface area contributed by atoms with Gasteiger partial charge >= 0.3 is 0 Å². The monoisotopic (exact) mass is 302 g/mol. The van der Waals surface area contributed by atoms with Crippen LogP contribution in [-0.2, 0) is 6.54 Å². The minimum atomic E-state index is 0.353. The number of benzene rings is 1. The van der Waals surface area contributed by atoms with Crippen LogP contribution in [0.4, 0.5) is 0 Å². The van der Waals surface area contributed by atoms with Gasteiger partial charge in [0, 0.05) is 17.1 Å². The van der Waals surface area contributed by atoms with Crippen LogP contribution >= 0.6 is 11.6 Å². The Morgan fingerprint density at radius 1 is 1.24 bits per heavy atom. The third-order valence-electron chi connectivity index (χ3n) is 3.41. The van der Waals surface area contributed by atoms with Gasteiger partial charge in [0.2, 0.25) is 0 Å². The SMILES string of the molecule is CCCCCCCn1nnc(C#N)c1-c1cccc(Cl)c1. The first-order valence-corrected chi connectivity index (χ1v) is 7.73. The Labute approximate surface area is 130 Å². The molecule has 1 aromatic carbocycles. The molecule has 4 nitrogen and oxygen atoms in total. The van der Waals surface area contributed by atoms with Gasteiger partial charge in [0.15, 0.2) is 5.69 Å². The van der Waals surface area contributed by atoms with E-state index in [0.717, 1.165) is 24.2 Å². The van der Waals surface area contributed by atoms with Crippen molar-refractivity contribution in [1.82, 2.24) is 15.0 Å². The number of rotatable bonds is 7. The first-order valence-electron chi connectivity index (χ1n) is 7.35. The van der Waals surface area contributed by atoms with E-state index in [1.165, 1.54) is 25.7 Å². The molecule has 0 radical (unpaired) electrons. The predicted octanol–water partition coefficient (Wildman–Crippen LogP) is 4.44. The molecule has 0 amide bonds. The quantitative estimate of drug-likeness (QED) is 0.710. The molecular formula is C16H19ClN4. The van der Waals surface area contributed by atoms with Crippen molar-refractivity contribution in [3.63, 3.8) is 0 Å². The maximum Gasteiger partial charge on any atom is 0.190 e. The minimum absolute atomic E-state index is 0.353. The lowest BCUT2D eigenvalue weighted by Crippen LogP contribution is -2.03. The molecule has 2 aromatic rings. The Morgan fingerprint density at radius 2 is 2.05 bits per heavy atom. The Bertz CT molecular complexity index is 627. The maximum atomic E-state index is 9.21. The number of unbranched alkanes of at least 4 members (excludes halogenated alkanes) is 4. The molecule has 0 aliphatic rings. The van der Waals surface area contributed by atoms with Crippen LogP contribution in [-0.4, -0.2) is 15.0 Å². The second-order valence-corrected chi connectivity index (χ2v) is 5.48. The van der Waals surface area contributed by atoms with E-state index in [1.807, 2.05) is 28.9 Å². The average Bonchev–Trinajstić information content (AvgIpc) is 2.90.